The predicted molar refractivity (Wildman–Crippen MR) is 115 cm³/mol. The largest absolute Gasteiger partial charge is 0.493 e. The highest BCUT2D eigenvalue weighted by molar-refractivity contribution is 7.99. The first kappa shape index (κ1) is 18.0. The van der Waals surface area contributed by atoms with E-state index in [1.807, 2.05) is 17.8 Å². The summed E-state index contributed by atoms with van der Waals surface area (Å²) >= 11 is 3.59. The van der Waals surface area contributed by atoms with Crippen LogP contribution in [0, 0.1) is 6.92 Å². The first-order chi connectivity index (χ1) is 13.2. The summed E-state index contributed by atoms with van der Waals surface area (Å²) < 4.78 is 10.9. The molecule has 0 saturated carbocycles. The molecule has 27 heavy (non-hydrogen) atoms. The van der Waals surface area contributed by atoms with Crippen LogP contribution in [0.5, 0.6) is 11.5 Å². The maximum absolute atomic E-state index is 5.52. The lowest BCUT2D eigenvalue weighted by Gasteiger charge is -2.15. The van der Waals surface area contributed by atoms with Crippen molar-refractivity contribution in [2.75, 3.05) is 19.5 Å². The lowest BCUT2D eigenvalue weighted by molar-refractivity contribution is 0.354. The van der Waals surface area contributed by atoms with Crippen molar-refractivity contribution in [1.82, 2.24) is 0 Å². The first-order valence-corrected chi connectivity index (χ1v) is 10.5. The molecule has 1 atom stereocenters. The number of hydrogen-bond acceptors (Lipinski definition) is 5. The lowest BCUT2D eigenvalue weighted by Crippen LogP contribution is -1.98. The van der Waals surface area contributed by atoms with Gasteiger partial charge >= 0.3 is 0 Å². The molecule has 0 amide bonds. The highest BCUT2D eigenvalue weighted by atomic mass is 32.2. The van der Waals surface area contributed by atoms with E-state index in [-0.39, 0.29) is 5.25 Å². The molecule has 2 heterocycles. The summed E-state index contributed by atoms with van der Waals surface area (Å²) in [6.07, 6.45) is 2.30. The molecule has 1 unspecified atom stereocenters. The van der Waals surface area contributed by atoms with Gasteiger partial charge in [0, 0.05) is 4.90 Å². The fourth-order valence-corrected chi connectivity index (χ4v) is 5.08. The molecule has 0 aliphatic carbocycles. The minimum Gasteiger partial charge on any atom is -0.493 e. The number of anilines is 1. The maximum atomic E-state index is 5.52. The summed E-state index contributed by atoms with van der Waals surface area (Å²) in [6, 6.07) is 16.9. The smallest absolute Gasteiger partial charge is 0.161 e. The van der Waals surface area contributed by atoms with Crippen molar-refractivity contribution in [3.63, 3.8) is 0 Å². The molecular formula is C22H21NO2S2. The number of thioether (sulfide) groups is 1. The number of ether oxygens (including phenoxy) is 2. The van der Waals surface area contributed by atoms with E-state index >= 15 is 0 Å². The van der Waals surface area contributed by atoms with Crippen molar-refractivity contribution in [1.29, 1.82) is 0 Å². The van der Waals surface area contributed by atoms with Crippen LogP contribution in [0.1, 0.15) is 21.3 Å². The van der Waals surface area contributed by atoms with Gasteiger partial charge in [0.1, 0.15) is 0 Å². The molecule has 0 bridgehead atoms. The van der Waals surface area contributed by atoms with Gasteiger partial charge in [-0.3, -0.25) is 0 Å². The molecule has 0 fully saturated rings. The Labute approximate surface area is 168 Å². The van der Waals surface area contributed by atoms with Crippen LogP contribution in [0.4, 0.5) is 5.69 Å². The number of nitrogens with one attached hydrogen (secondary N) is 1. The molecular weight excluding hydrogens is 374 g/mol. The Kier molecular flexibility index (Phi) is 5.14. The van der Waals surface area contributed by atoms with Crippen molar-refractivity contribution in [2.45, 2.75) is 17.1 Å². The highest BCUT2D eigenvalue weighted by Gasteiger charge is 2.21. The van der Waals surface area contributed by atoms with Gasteiger partial charge in [-0.05, 0) is 59.8 Å². The van der Waals surface area contributed by atoms with Gasteiger partial charge in [0.05, 0.1) is 35.7 Å². The molecule has 1 aliphatic rings. The van der Waals surface area contributed by atoms with E-state index in [9.17, 15) is 0 Å². The van der Waals surface area contributed by atoms with Gasteiger partial charge in [-0.25, -0.2) is 0 Å². The summed E-state index contributed by atoms with van der Waals surface area (Å²) in [5, 5.41) is 5.91. The number of rotatable bonds is 4. The van der Waals surface area contributed by atoms with Crippen LogP contribution in [0.15, 0.2) is 64.9 Å². The minimum atomic E-state index is 0.164. The molecule has 0 radical (unpaired) electrons. The lowest BCUT2D eigenvalue weighted by atomic mass is 10.1. The highest BCUT2D eigenvalue weighted by Crippen LogP contribution is 2.46. The molecule has 1 N–H and O–H groups in total. The fraction of sp³-hybridized carbons (Fsp3) is 0.182. The topological polar surface area (TPSA) is 30.5 Å². The predicted octanol–water partition coefficient (Wildman–Crippen LogP) is 6.37. The number of hydrogen-bond donors (Lipinski definition) is 1. The average Bonchev–Trinajstić information content (AvgIpc) is 3.16. The summed E-state index contributed by atoms with van der Waals surface area (Å²) in [5.74, 6) is 1.50. The quantitative estimate of drug-likeness (QED) is 0.556. The van der Waals surface area contributed by atoms with Crippen molar-refractivity contribution in [2.24, 2.45) is 0 Å². The van der Waals surface area contributed by atoms with E-state index < -0.39 is 0 Å². The number of methoxy groups -OCH3 is 2. The molecule has 5 heteroatoms. The summed E-state index contributed by atoms with van der Waals surface area (Å²) in [7, 11) is 3.34. The van der Waals surface area contributed by atoms with E-state index in [0.717, 1.165) is 22.9 Å². The molecule has 0 spiro atoms. The molecule has 138 valence electrons. The van der Waals surface area contributed by atoms with Crippen molar-refractivity contribution < 1.29 is 9.47 Å². The Balaban J connectivity index is 1.81. The Hall–Kier alpha value is -2.37. The zero-order valence-electron chi connectivity index (χ0n) is 15.5. The molecule has 0 saturated heterocycles. The van der Waals surface area contributed by atoms with Crippen molar-refractivity contribution in [3.8, 4) is 11.5 Å². The third kappa shape index (κ3) is 3.70. The van der Waals surface area contributed by atoms with Crippen LogP contribution in [0.2, 0.25) is 0 Å². The number of benzene rings is 2. The van der Waals surface area contributed by atoms with Gasteiger partial charge in [-0.1, -0.05) is 18.2 Å². The number of aryl methyl sites for hydroxylation is 1. The second-order valence-corrected chi connectivity index (χ2v) is 8.47. The first-order valence-electron chi connectivity index (χ1n) is 8.70. The Morgan fingerprint density at radius 2 is 1.81 bits per heavy atom. The Bertz CT molecular complexity index is 980. The van der Waals surface area contributed by atoms with Crippen molar-refractivity contribution >= 4 is 34.5 Å². The molecule has 2 aromatic carbocycles. The summed E-state index contributed by atoms with van der Waals surface area (Å²) in [4.78, 5) is 2.48. The van der Waals surface area contributed by atoms with E-state index in [1.54, 1.807) is 25.6 Å². The van der Waals surface area contributed by atoms with Crippen LogP contribution in [0.3, 0.4) is 0 Å². The van der Waals surface area contributed by atoms with Crippen LogP contribution in [0.25, 0.3) is 5.70 Å². The fourth-order valence-electron chi connectivity index (χ4n) is 3.11. The Morgan fingerprint density at radius 1 is 0.963 bits per heavy atom. The van der Waals surface area contributed by atoms with Gasteiger partial charge in [0.25, 0.3) is 0 Å². The number of thiophene rings is 1. The van der Waals surface area contributed by atoms with Gasteiger partial charge in [-0.2, -0.15) is 0 Å². The van der Waals surface area contributed by atoms with E-state index in [1.165, 1.54) is 20.9 Å². The monoisotopic (exact) mass is 395 g/mol. The summed E-state index contributed by atoms with van der Waals surface area (Å²) in [6.45, 7) is 2.13. The maximum Gasteiger partial charge on any atom is 0.161 e. The summed E-state index contributed by atoms with van der Waals surface area (Å²) in [5.41, 5.74) is 4.73. The van der Waals surface area contributed by atoms with Crippen LogP contribution in [-0.2, 0) is 0 Å². The second kappa shape index (κ2) is 7.71. The Morgan fingerprint density at radius 3 is 2.56 bits per heavy atom. The number of fused-ring (bicyclic) bond motifs is 1. The molecule has 1 aliphatic heterocycles. The standard InChI is InChI=1S/C22H21NO2S2/c1-14-6-8-16-22(11-14)27-21(13-17(23-16)20-5-4-10-26-20)15-7-9-18(24-2)19(12-15)25-3/h4-13,21,23H,1-3H3. The van der Waals surface area contributed by atoms with Crippen molar-refractivity contribution in [3.05, 3.63) is 76.0 Å². The van der Waals surface area contributed by atoms with Gasteiger partial charge in [0.15, 0.2) is 11.5 Å². The van der Waals surface area contributed by atoms with Crippen LogP contribution < -0.4 is 14.8 Å². The minimum absolute atomic E-state index is 0.164. The second-order valence-electron chi connectivity index (χ2n) is 6.34. The third-order valence-electron chi connectivity index (χ3n) is 4.50. The zero-order valence-corrected chi connectivity index (χ0v) is 17.1. The van der Waals surface area contributed by atoms with E-state index in [4.69, 9.17) is 9.47 Å². The zero-order chi connectivity index (χ0) is 18.8. The SMILES string of the molecule is COc1ccc(C2C=C(c3cccs3)Nc3ccc(C)cc3S2)cc1OC. The van der Waals surface area contributed by atoms with Gasteiger partial charge < -0.3 is 14.8 Å². The van der Waals surface area contributed by atoms with Gasteiger partial charge in [-0.15, -0.1) is 23.1 Å². The third-order valence-corrected chi connectivity index (χ3v) is 6.66. The van der Waals surface area contributed by atoms with E-state index in [0.29, 0.717) is 0 Å². The van der Waals surface area contributed by atoms with E-state index in [2.05, 4.69) is 66.2 Å². The van der Waals surface area contributed by atoms with Crippen LogP contribution >= 0.6 is 23.1 Å². The van der Waals surface area contributed by atoms with Gasteiger partial charge in [0.2, 0.25) is 0 Å². The molecule has 3 aromatic rings. The molecule has 3 nitrogen and oxygen atoms in total. The normalized spacial score (nSPS) is 16.0. The molecule has 1 aromatic heterocycles. The van der Waals surface area contributed by atoms with Crippen LogP contribution in [-0.4, -0.2) is 14.2 Å². The molecule has 4 rings (SSSR count). The average molecular weight is 396 g/mol.